The fourth-order valence-electron chi connectivity index (χ4n) is 17.1. The van der Waals surface area contributed by atoms with Crippen LogP contribution in [0.5, 0.6) is 0 Å². The molecule has 0 spiro atoms. The lowest BCUT2D eigenvalue weighted by Gasteiger charge is -2.40. The van der Waals surface area contributed by atoms with Crippen molar-refractivity contribution in [2.75, 3.05) is 9.80 Å². The fraction of sp³-hybridized carbons (Fsp3) is 0.429. The van der Waals surface area contributed by atoms with Crippen LogP contribution in [0.15, 0.2) is 141 Å². The molecule has 10 heterocycles. The van der Waals surface area contributed by atoms with Gasteiger partial charge in [-0.15, -0.1) is 10.2 Å². The predicted octanol–water partition coefficient (Wildman–Crippen LogP) is 18.0. The standard InChI is InChI=1S/C28H29FN6O2.C28H28FN3O2.C21H26N2O2.C7H3F2N/c1-16-4-2-3-5-22(16)26-23(27(37-32-26)17-6-7-17)15-36-21-13-19-9-10-20(14-21)35(19)25-11-8-18(12-24(25)29)28-30-33-34-31-28;1-17-4-2-3-5-23(17)27-24(28(34-31-27)19-7-8-19)16-33-22-13-20-9-10-21(14-22)32(20)26-11-6-18(15-30)12-25(26)29;1-13-4-2-3-5-18(13)20-19(21(25-23-20)14-6-7-14)12-24-17-10-15-8-9-16(11-17)22-15;8-6-2-1-5(4-10)3-7(6)9/h2-5,8,11-12,17,19-21H,6-7,9-10,13-15H2,1H3,(H,30,31,33,34);2-6,11-12,19-22H,7-10,13-14,16H2,1H3;2-5,14-17,22H,6-12H2,1H3;1-3H/t19-,20?,21?;20-,21?,22?;15-,16?,17?;/m000./s1. The van der Waals surface area contributed by atoms with E-state index >= 15 is 4.39 Å². The Balaban J connectivity index is 0.000000116. The van der Waals surface area contributed by atoms with Crippen LogP contribution in [0.1, 0.15) is 195 Å². The van der Waals surface area contributed by atoms with Gasteiger partial charge in [0, 0.05) is 92.9 Å². The zero-order chi connectivity index (χ0) is 72.5. The van der Waals surface area contributed by atoms with E-state index in [0.717, 1.165) is 159 Å². The van der Waals surface area contributed by atoms with Crippen LogP contribution < -0.4 is 15.1 Å². The van der Waals surface area contributed by atoms with Crippen LogP contribution in [0.2, 0.25) is 0 Å². The quantitative estimate of drug-likeness (QED) is 0.0761. The van der Waals surface area contributed by atoms with Crippen LogP contribution in [0.3, 0.4) is 0 Å². The molecule has 6 aliphatic heterocycles. The third-order valence-electron chi connectivity index (χ3n) is 22.9. The van der Waals surface area contributed by atoms with Crippen molar-refractivity contribution in [3.05, 3.63) is 212 Å². The zero-order valence-corrected chi connectivity index (χ0v) is 59.8. The van der Waals surface area contributed by atoms with Crippen LogP contribution in [0, 0.1) is 66.7 Å². The van der Waals surface area contributed by atoms with E-state index in [1.807, 2.05) is 42.5 Å². The Bertz CT molecular complexity index is 4820. The summed E-state index contributed by atoms with van der Waals surface area (Å²) in [7, 11) is 0. The van der Waals surface area contributed by atoms with E-state index in [1.165, 1.54) is 71.7 Å². The van der Waals surface area contributed by atoms with Gasteiger partial charge in [-0.3, -0.25) is 0 Å². The first-order valence-electron chi connectivity index (χ1n) is 37.7. The predicted molar refractivity (Wildman–Crippen MR) is 390 cm³/mol. The van der Waals surface area contributed by atoms with E-state index in [1.54, 1.807) is 18.2 Å². The number of H-pyrrole nitrogens is 1. The van der Waals surface area contributed by atoms with E-state index in [4.69, 9.17) is 38.3 Å². The van der Waals surface area contributed by atoms with Crippen molar-refractivity contribution in [2.24, 2.45) is 0 Å². The van der Waals surface area contributed by atoms with Gasteiger partial charge >= 0.3 is 0 Å². The van der Waals surface area contributed by atoms with Gasteiger partial charge in [0.15, 0.2) is 11.6 Å². The molecule has 6 unspecified atom stereocenters. The first-order valence-corrected chi connectivity index (χ1v) is 37.7. The van der Waals surface area contributed by atoms with E-state index in [9.17, 15) is 13.2 Å². The van der Waals surface area contributed by atoms with E-state index in [0.29, 0.717) is 84.1 Å². The summed E-state index contributed by atoms with van der Waals surface area (Å²) in [4.78, 5) is 4.49. The molecule has 0 radical (unpaired) electrons. The Hall–Kier alpha value is -9.84. The third-order valence-corrected chi connectivity index (χ3v) is 22.9. The first kappa shape index (κ1) is 70.5. The molecule has 106 heavy (non-hydrogen) atoms. The summed E-state index contributed by atoms with van der Waals surface area (Å²) in [5.41, 5.74) is 15.5. The largest absolute Gasteiger partial charge is 0.373 e. The van der Waals surface area contributed by atoms with E-state index in [-0.39, 0.29) is 53.6 Å². The third kappa shape index (κ3) is 15.3. The van der Waals surface area contributed by atoms with Crippen molar-refractivity contribution in [1.29, 1.82) is 10.5 Å². The highest BCUT2D eigenvalue weighted by atomic mass is 19.2. The first-order chi connectivity index (χ1) is 51.8. The summed E-state index contributed by atoms with van der Waals surface area (Å²) in [6, 6.07) is 44.1. The molecule has 546 valence electrons. The molecule has 9 atom stereocenters. The minimum Gasteiger partial charge on any atom is -0.373 e. The molecule has 10 aromatic rings. The molecule has 0 amide bonds. The average molecular weight is 1440 g/mol. The van der Waals surface area contributed by atoms with Crippen LogP contribution in [-0.4, -0.2) is 90.7 Å². The number of aromatic nitrogens is 7. The number of anilines is 2. The number of tetrazole rings is 1. The molecule has 6 saturated heterocycles. The van der Waals surface area contributed by atoms with Gasteiger partial charge in [0.25, 0.3) is 0 Å². The van der Waals surface area contributed by atoms with Crippen LogP contribution >= 0.6 is 0 Å². The highest BCUT2D eigenvalue weighted by molar-refractivity contribution is 5.70. The number of aromatic amines is 1. The molecular weight excluding hydrogens is 1350 g/mol. The number of piperidine rings is 3. The van der Waals surface area contributed by atoms with E-state index in [2.05, 4.69) is 121 Å². The number of aryl methyl sites for hydroxylation is 3. The SMILES string of the molecule is Cc1ccccc1-c1noc(C2CC2)c1COC1CC2CC[C@@H](C1)N2.Cc1ccccc1-c1noc(C2CC2)c1COC1CC2CC[C@@H](C1)N2c1ccc(-c2nn[nH]n2)cc1F.Cc1ccccc1-c1noc(C2CC2)c1COC1CC2CC[C@@H](C1)N2c1ccc(C#N)cc1F.N#Cc1ccc(F)c(F)c1. The summed E-state index contributed by atoms with van der Waals surface area (Å²) < 4.78 is 91.3. The van der Waals surface area contributed by atoms with Gasteiger partial charge in [-0.05, 0) is 213 Å². The molecule has 18 nitrogen and oxygen atoms in total. The van der Waals surface area contributed by atoms with Gasteiger partial charge in [-0.2, -0.15) is 15.7 Å². The van der Waals surface area contributed by atoms with Crippen molar-refractivity contribution in [3.63, 3.8) is 0 Å². The Morgan fingerprint density at radius 1 is 0.443 bits per heavy atom. The van der Waals surface area contributed by atoms with Gasteiger partial charge in [0.05, 0.1) is 72.8 Å². The number of halogens is 4. The number of nitrogens with one attached hydrogen (secondary N) is 2. The highest BCUT2D eigenvalue weighted by Crippen LogP contribution is 2.50. The van der Waals surface area contributed by atoms with Crippen molar-refractivity contribution < 1.29 is 45.3 Å². The lowest BCUT2D eigenvalue weighted by Crippen LogP contribution is -2.46. The maximum Gasteiger partial charge on any atom is 0.204 e. The molecule has 22 heteroatoms. The van der Waals surface area contributed by atoms with Crippen LogP contribution in [0.25, 0.3) is 45.2 Å². The Labute approximate surface area is 613 Å². The maximum atomic E-state index is 15.2. The lowest BCUT2D eigenvalue weighted by molar-refractivity contribution is 0.00874. The monoisotopic (exact) mass is 1430 g/mol. The van der Waals surface area contributed by atoms with Crippen molar-refractivity contribution in [1.82, 2.24) is 41.4 Å². The number of ether oxygens (including phenoxy) is 3. The topological polar surface area (TPSA) is 226 Å². The minimum absolute atomic E-state index is 0.124. The van der Waals surface area contributed by atoms with Crippen LogP contribution in [-0.2, 0) is 34.0 Å². The minimum atomic E-state index is -0.987. The second-order valence-electron chi connectivity index (χ2n) is 30.2. The molecule has 3 saturated carbocycles. The Morgan fingerprint density at radius 3 is 1.20 bits per heavy atom. The van der Waals surface area contributed by atoms with E-state index < -0.39 is 11.6 Å². The number of hydrogen-bond acceptors (Lipinski definition) is 17. The summed E-state index contributed by atoms with van der Waals surface area (Å²) in [6.07, 6.45) is 20.2. The fourth-order valence-corrected chi connectivity index (χ4v) is 17.1. The molecule has 3 aliphatic carbocycles. The molecule has 4 aromatic heterocycles. The maximum absolute atomic E-state index is 15.2. The molecule has 19 rings (SSSR count). The number of nitriles is 2. The molecule has 9 fully saturated rings. The lowest BCUT2D eigenvalue weighted by atomic mass is 9.97. The van der Waals surface area contributed by atoms with Crippen LogP contribution in [0.4, 0.5) is 28.9 Å². The second kappa shape index (κ2) is 30.9. The molecule has 6 bridgehead atoms. The Morgan fingerprint density at radius 2 is 0.830 bits per heavy atom. The van der Waals surface area contributed by atoms with Gasteiger partial charge in [0.1, 0.15) is 46.0 Å². The normalized spacial score (nSPS) is 23.2. The van der Waals surface area contributed by atoms with Crippen molar-refractivity contribution in [2.45, 2.75) is 228 Å². The highest BCUT2D eigenvalue weighted by Gasteiger charge is 2.45. The molecular formula is C84H86F4N12O6. The number of nitrogens with zero attached hydrogens (tertiary/aromatic N) is 10. The summed E-state index contributed by atoms with van der Waals surface area (Å²) in [5, 5.41) is 48.3. The number of hydrogen-bond donors (Lipinski definition) is 2. The number of benzene rings is 6. The van der Waals surface area contributed by atoms with Gasteiger partial charge in [-0.25, -0.2) is 17.6 Å². The number of rotatable bonds is 18. The summed E-state index contributed by atoms with van der Waals surface area (Å²) in [6.45, 7) is 7.96. The van der Waals surface area contributed by atoms with Crippen molar-refractivity contribution >= 4 is 11.4 Å². The molecule has 2 N–H and O–H groups in total. The van der Waals surface area contributed by atoms with Gasteiger partial charge in [-0.1, -0.05) is 88.3 Å². The molecule has 6 aromatic carbocycles. The summed E-state index contributed by atoms with van der Waals surface area (Å²) >= 11 is 0. The van der Waals surface area contributed by atoms with Gasteiger partial charge in [0.2, 0.25) is 5.82 Å². The zero-order valence-electron chi connectivity index (χ0n) is 59.8. The Kier molecular flexibility index (Phi) is 20.6. The van der Waals surface area contributed by atoms with Gasteiger partial charge < -0.3 is 42.9 Å². The molecule has 9 aliphatic rings. The smallest absolute Gasteiger partial charge is 0.204 e. The van der Waals surface area contributed by atoms with Crippen molar-refractivity contribution in [3.8, 4) is 57.3 Å². The number of fused-ring (bicyclic) bond motifs is 6. The second-order valence-corrected chi connectivity index (χ2v) is 30.2. The average Bonchev–Trinajstić information content (AvgIpc) is 1.62. The summed E-state index contributed by atoms with van der Waals surface area (Å²) in [5.74, 6) is 2.42.